The molecule has 1 aromatic carbocycles. The molecule has 0 aliphatic heterocycles. The lowest BCUT2D eigenvalue weighted by Crippen LogP contribution is -2.02. The third kappa shape index (κ3) is 1.77. The van der Waals surface area contributed by atoms with Crippen LogP contribution < -0.4 is 4.74 Å². The average Bonchev–Trinajstić information content (AvgIpc) is 2.02. The molecule has 70 valence electrons. The molecule has 0 radical (unpaired) electrons. The first kappa shape index (κ1) is 9.51. The van der Waals surface area contributed by atoms with Crippen molar-refractivity contribution in [2.24, 2.45) is 0 Å². The summed E-state index contributed by atoms with van der Waals surface area (Å²) in [5, 5.41) is 8.70. The van der Waals surface area contributed by atoms with Crippen molar-refractivity contribution in [1.82, 2.24) is 0 Å². The van der Waals surface area contributed by atoms with Crippen molar-refractivity contribution in [1.29, 1.82) is 0 Å². The minimum atomic E-state index is -1.19. The summed E-state index contributed by atoms with van der Waals surface area (Å²) in [6.45, 7) is 1.59. The quantitative estimate of drug-likeness (QED) is 0.762. The molecule has 0 spiro atoms. The highest BCUT2D eigenvalue weighted by Crippen LogP contribution is 2.24. The molecule has 0 aliphatic carbocycles. The van der Waals surface area contributed by atoms with E-state index in [0.29, 0.717) is 5.56 Å². The Morgan fingerprint density at radius 2 is 2.15 bits per heavy atom. The summed E-state index contributed by atoms with van der Waals surface area (Å²) in [4.78, 5) is 10.6. The molecule has 0 unspecified atom stereocenters. The molecular weight excluding hydrogens is 175 g/mol. The molecule has 0 aliphatic rings. The zero-order valence-electron chi connectivity index (χ0n) is 7.30. The highest BCUT2D eigenvalue weighted by atomic mass is 19.1. The number of aromatic carboxylic acids is 1. The van der Waals surface area contributed by atoms with Crippen LogP contribution in [0, 0.1) is 12.7 Å². The summed E-state index contributed by atoms with van der Waals surface area (Å²) < 4.78 is 17.6. The summed E-state index contributed by atoms with van der Waals surface area (Å²) >= 11 is 0. The van der Waals surface area contributed by atoms with Crippen molar-refractivity contribution in [2.75, 3.05) is 7.11 Å². The van der Waals surface area contributed by atoms with Crippen LogP contribution in [-0.2, 0) is 0 Å². The van der Waals surface area contributed by atoms with Crippen molar-refractivity contribution in [3.05, 3.63) is 29.1 Å². The molecule has 4 heteroatoms. The second kappa shape index (κ2) is 3.43. The maximum absolute atomic E-state index is 12.8. The first-order valence-electron chi connectivity index (χ1n) is 3.63. The van der Waals surface area contributed by atoms with E-state index in [1.165, 1.54) is 13.2 Å². The smallest absolute Gasteiger partial charge is 0.339 e. The molecular formula is C9H9FO3. The van der Waals surface area contributed by atoms with Crippen LogP contribution in [0.3, 0.4) is 0 Å². The lowest BCUT2D eigenvalue weighted by atomic mass is 10.1. The number of rotatable bonds is 2. The predicted octanol–water partition coefficient (Wildman–Crippen LogP) is 1.84. The van der Waals surface area contributed by atoms with Crippen molar-refractivity contribution in [3.63, 3.8) is 0 Å². The highest BCUT2D eigenvalue weighted by molar-refractivity contribution is 5.91. The Bertz CT molecular complexity index is 347. The van der Waals surface area contributed by atoms with Gasteiger partial charge < -0.3 is 9.84 Å². The van der Waals surface area contributed by atoms with Crippen LogP contribution in [0.4, 0.5) is 4.39 Å². The van der Waals surface area contributed by atoms with E-state index in [0.717, 1.165) is 6.07 Å². The summed E-state index contributed by atoms with van der Waals surface area (Å²) in [5.74, 6) is -1.57. The maximum Gasteiger partial charge on any atom is 0.339 e. The lowest BCUT2D eigenvalue weighted by molar-refractivity contribution is 0.0692. The molecule has 0 amide bonds. The van der Waals surface area contributed by atoms with Gasteiger partial charge in [0.15, 0.2) is 0 Å². The molecule has 0 saturated carbocycles. The number of hydrogen-bond acceptors (Lipinski definition) is 2. The van der Waals surface area contributed by atoms with E-state index < -0.39 is 11.8 Å². The number of benzene rings is 1. The van der Waals surface area contributed by atoms with Crippen LogP contribution in [-0.4, -0.2) is 18.2 Å². The van der Waals surface area contributed by atoms with Crippen molar-refractivity contribution >= 4 is 5.97 Å². The summed E-state index contributed by atoms with van der Waals surface area (Å²) in [5.41, 5.74) is 0.319. The SMILES string of the molecule is COc1c(C)cc(F)cc1C(=O)O. The topological polar surface area (TPSA) is 46.5 Å². The number of aryl methyl sites for hydroxylation is 1. The molecule has 0 fully saturated rings. The fourth-order valence-electron chi connectivity index (χ4n) is 1.16. The standard InChI is InChI=1S/C9H9FO3/c1-5-3-6(10)4-7(9(11)12)8(5)13-2/h3-4H,1-2H3,(H,11,12). The molecule has 1 aromatic rings. The first-order chi connectivity index (χ1) is 6.06. The molecule has 13 heavy (non-hydrogen) atoms. The van der Waals surface area contributed by atoms with Crippen molar-refractivity contribution < 1.29 is 19.0 Å². The average molecular weight is 184 g/mol. The lowest BCUT2D eigenvalue weighted by Gasteiger charge is -2.07. The largest absolute Gasteiger partial charge is 0.496 e. The van der Waals surface area contributed by atoms with Gasteiger partial charge >= 0.3 is 5.97 Å². The predicted molar refractivity (Wildman–Crippen MR) is 44.6 cm³/mol. The molecule has 0 atom stereocenters. The van der Waals surface area contributed by atoms with Gasteiger partial charge in [0.25, 0.3) is 0 Å². The van der Waals surface area contributed by atoms with Gasteiger partial charge in [0.2, 0.25) is 0 Å². The minimum Gasteiger partial charge on any atom is -0.496 e. The van der Waals surface area contributed by atoms with Gasteiger partial charge in [0.1, 0.15) is 17.1 Å². The van der Waals surface area contributed by atoms with Crippen LogP contribution in [0.15, 0.2) is 12.1 Å². The Labute approximate surface area is 74.8 Å². The van der Waals surface area contributed by atoms with Crippen LogP contribution in [0.2, 0.25) is 0 Å². The molecule has 0 heterocycles. The third-order valence-electron chi connectivity index (χ3n) is 1.67. The number of carboxylic acids is 1. The zero-order valence-corrected chi connectivity index (χ0v) is 7.30. The normalized spacial score (nSPS) is 9.77. The Kier molecular flexibility index (Phi) is 2.51. The van der Waals surface area contributed by atoms with Gasteiger partial charge in [0, 0.05) is 0 Å². The Morgan fingerprint density at radius 1 is 1.54 bits per heavy atom. The van der Waals surface area contributed by atoms with Crippen molar-refractivity contribution in [2.45, 2.75) is 6.92 Å². The van der Waals surface area contributed by atoms with Gasteiger partial charge in [-0.2, -0.15) is 0 Å². The monoisotopic (exact) mass is 184 g/mol. The van der Waals surface area contributed by atoms with E-state index in [2.05, 4.69) is 0 Å². The minimum absolute atomic E-state index is 0.153. The van der Waals surface area contributed by atoms with E-state index in [1.54, 1.807) is 6.92 Å². The highest BCUT2D eigenvalue weighted by Gasteiger charge is 2.14. The zero-order chi connectivity index (χ0) is 10.0. The Hall–Kier alpha value is -1.58. The van der Waals surface area contributed by atoms with Gasteiger partial charge in [-0.25, -0.2) is 9.18 Å². The number of carboxylic acid groups (broad SMARTS) is 1. The van der Waals surface area contributed by atoms with E-state index >= 15 is 0 Å². The van der Waals surface area contributed by atoms with Gasteiger partial charge in [-0.3, -0.25) is 0 Å². The van der Waals surface area contributed by atoms with Crippen molar-refractivity contribution in [3.8, 4) is 5.75 Å². The van der Waals surface area contributed by atoms with E-state index in [9.17, 15) is 9.18 Å². The number of hydrogen-bond donors (Lipinski definition) is 1. The first-order valence-corrected chi connectivity index (χ1v) is 3.63. The summed E-state index contributed by atoms with van der Waals surface area (Å²) in [6.07, 6.45) is 0. The van der Waals surface area contributed by atoms with Crippen LogP contribution in [0.25, 0.3) is 0 Å². The van der Waals surface area contributed by atoms with Gasteiger partial charge in [0.05, 0.1) is 7.11 Å². The Balaban J connectivity index is 3.38. The summed E-state index contributed by atoms with van der Waals surface area (Å²) in [6, 6.07) is 2.17. The fraction of sp³-hybridized carbons (Fsp3) is 0.222. The Morgan fingerprint density at radius 3 is 2.62 bits per heavy atom. The molecule has 1 N–H and O–H groups in total. The molecule has 3 nitrogen and oxygen atoms in total. The van der Waals surface area contributed by atoms with Gasteiger partial charge in [-0.05, 0) is 24.6 Å². The van der Waals surface area contributed by atoms with E-state index in [-0.39, 0.29) is 11.3 Å². The van der Waals surface area contributed by atoms with Gasteiger partial charge in [-0.15, -0.1) is 0 Å². The third-order valence-corrected chi connectivity index (χ3v) is 1.67. The van der Waals surface area contributed by atoms with E-state index in [4.69, 9.17) is 9.84 Å². The van der Waals surface area contributed by atoms with Crippen LogP contribution >= 0.6 is 0 Å². The second-order valence-corrected chi connectivity index (χ2v) is 2.61. The number of carbonyl (C=O) groups is 1. The maximum atomic E-state index is 12.8. The van der Waals surface area contributed by atoms with Gasteiger partial charge in [-0.1, -0.05) is 0 Å². The molecule has 0 bridgehead atoms. The van der Waals surface area contributed by atoms with Crippen LogP contribution in [0.5, 0.6) is 5.75 Å². The summed E-state index contributed by atoms with van der Waals surface area (Å²) in [7, 11) is 1.35. The number of halogens is 1. The second-order valence-electron chi connectivity index (χ2n) is 2.61. The molecule has 0 saturated heterocycles. The van der Waals surface area contributed by atoms with E-state index in [1.807, 2.05) is 0 Å². The fourth-order valence-corrected chi connectivity index (χ4v) is 1.16. The molecule has 0 aromatic heterocycles. The van der Waals surface area contributed by atoms with Crippen LogP contribution in [0.1, 0.15) is 15.9 Å². The number of ether oxygens (including phenoxy) is 1. The number of methoxy groups -OCH3 is 1. The molecule has 1 rings (SSSR count).